The minimum atomic E-state index is 0.533. The highest BCUT2D eigenvalue weighted by Crippen LogP contribution is 2.35. The van der Waals surface area contributed by atoms with Crippen LogP contribution in [0.2, 0.25) is 0 Å². The third-order valence-corrected chi connectivity index (χ3v) is 7.67. The van der Waals surface area contributed by atoms with E-state index in [0.717, 1.165) is 88.1 Å². The predicted octanol–water partition coefficient (Wildman–Crippen LogP) is 4.61. The van der Waals surface area contributed by atoms with Crippen LogP contribution in [0.5, 0.6) is 0 Å². The van der Waals surface area contributed by atoms with E-state index in [1.54, 1.807) is 0 Å². The van der Waals surface area contributed by atoms with Gasteiger partial charge in [0.25, 0.3) is 0 Å². The lowest BCUT2D eigenvalue weighted by Crippen LogP contribution is -2.36. The zero-order chi connectivity index (χ0) is 23.9. The first-order chi connectivity index (χ1) is 17.1. The van der Waals surface area contributed by atoms with Crippen LogP contribution in [0.15, 0.2) is 24.3 Å². The number of nitrogens with one attached hydrogen (secondary N) is 1. The molecule has 0 amide bonds. The van der Waals surface area contributed by atoms with Crippen LogP contribution in [0.25, 0.3) is 22.1 Å². The first kappa shape index (κ1) is 22.7. The lowest BCUT2D eigenvalue weighted by Gasteiger charge is -2.28. The van der Waals surface area contributed by atoms with Crippen molar-refractivity contribution in [3.05, 3.63) is 58.2 Å². The number of fused-ring (bicyclic) bond motifs is 2. The molecule has 0 aliphatic carbocycles. The highest BCUT2D eigenvalue weighted by Gasteiger charge is 2.25. The standard InChI is InChI=1S/C28H35N5O2/c1-18-14-19(2)29-28-26(18)30-20(3)33(28)16-21-4-5-25-23(15-21)24(17-32-8-12-35-13-9-32)27(31-25)22-6-10-34-11-7-22/h4-5,14-15,22,31H,6-13,16-17H2,1-3H3. The molecule has 2 aliphatic heterocycles. The fourth-order valence-corrected chi connectivity index (χ4v) is 5.79. The lowest BCUT2D eigenvalue weighted by molar-refractivity contribution is 0.0340. The van der Waals surface area contributed by atoms with E-state index in [1.807, 2.05) is 0 Å². The molecule has 7 nitrogen and oxygen atoms in total. The van der Waals surface area contributed by atoms with E-state index in [-0.39, 0.29) is 0 Å². The Morgan fingerprint density at radius 2 is 1.71 bits per heavy atom. The quantitative estimate of drug-likeness (QED) is 0.458. The number of aromatic nitrogens is 4. The Kier molecular flexibility index (Phi) is 6.08. The van der Waals surface area contributed by atoms with Crippen molar-refractivity contribution < 1.29 is 9.47 Å². The van der Waals surface area contributed by atoms with Crippen molar-refractivity contribution in [2.75, 3.05) is 39.5 Å². The fraction of sp³-hybridized carbons (Fsp3) is 0.500. The molecule has 0 saturated carbocycles. The number of rotatable bonds is 5. The summed E-state index contributed by atoms with van der Waals surface area (Å²) in [5.74, 6) is 1.54. The van der Waals surface area contributed by atoms with E-state index < -0.39 is 0 Å². The third kappa shape index (κ3) is 4.37. The van der Waals surface area contributed by atoms with Gasteiger partial charge in [-0.15, -0.1) is 0 Å². The molecule has 1 aromatic carbocycles. The van der Waals surface area contributed by atoms with Crippen LogP contribution in [-0.2, 0) is 22.6 Å². The monoisotopic (exact) mass is 473 g/mol. The van der Waals surface area contributed by atoms with Crippen LogP contribution in [0.1, 0.15) is 52.7 Å². The van der Waals surface area contributed by atoms with Crippen LogP contribution < -0.4 is 0 Å². The Hall–Kier alpha value is -2.74. The number of hydrogen-bond acceptors (Lipinski definition) is 5. The molecular formula is C28H35N5O2. The molecule has 184 valence electrons. The molecule has 6 rings (SSSR count). The Morgan fingerprint density at radius 3 is 2.51 bits per heavy atom. The zero-order valence-corrected chi connectivity index (χ0v) is 21.1. The number of morpholine rings is 1. The lowest BCUT2D eigenvalue weighted by atomic mass is 9.92. The Balaban J connectivity index is 1.40. The van der Waals surface area contributed by atoms with Gasteiger partial charge in [-0.3, -0.25) is 4.90 Å². The maximum Gasteiger partial charge on any atom is 0.160 e. The van der Waals surface area contributed by atoms with E-state index in [9.17, 15) is 0 Å². The molecule has 35 heavy (non-hydrogen) atoms. The molecule has 2 aliphatic rings. The Bertz CT molecular complexity index is 1360. The van der Waals surface area contributed by atoms with Crippen molar-refractivity contribution in [1.82, 2.24) is 24.4 Å². The first-order valence-corrected chi connectivity index (χ1v) is 12.9. The maximum absolute atomic E-state index is 5.67. The highest BCUT2D eigenvalue weighted by molar-refractivity contribution is 5.86. The summed E-state index contributed by atoms with van der Waals surface area (Å²) in [6.45, 7) is 13.3. The zero-order valence-electron chi connectivity index (χ0n) is 21.1. The molecule has 2 saturated heterocycles. The molecular weight excluding hydrogens is 438 g/mol. The van der Waals surface area contributed by atoms with E-state index >= 15 is 0 Å². The summed E-state index contributed by atoms with van der Waals surface area (Å²) in [6.07, 6.45) is 2.17. The summed E-state index contributed by atoms with van der Waals surface area (Å²) in [6, 6.07) is 9.01. The molecule has 0 unspecified atom stereocenters. The molecule has 7 heteroatoms. The number of ether oxygens (including phenoxy) is 2. The van der Waals surface area contributed by atoms with Gasteiger partial charge >= 0.3 is 0 Å². The average molecular weight is 474 g/mol. The number of imidazole rings is 1. The number of aromatic amines is 1. The summed E-state index contributed by atoms with van der Waals surface area (Å²) >= 11 is 0. The Morgan fingerprint density at radius 1 is 0.943 bits per heavy atom. The number of benzene rings is 1. The van der Waals surface area contributed by atoms with Crippen LogP contribution >= 0.6 is 0 Å². The third-order valence-electron chi connectivity index (χ3n) is 7.67. The van der Waals surface area contributed by atoms with Crippen LogP contribution in [0.3, 0.4) is 0 Å². The van der Waals surface area contributed by atoms with E-state index in [0.29, 0.717) is 5.92 Å². The van der Waals surface area contributed by atoms with Crippen molar-refractivity contribution in [2.24, 2.45) is 0 Å². The van der Waals surface area contributed by atoms with Gasteiger partial charge in [-0.2, -0.15) is 0 Å². The van der Waals surface area contributed by atoms with Crippen LogP contribution in [0.4, 0.5) is 0 Å². The summed E-state index contributed by atoms with van der Waals surface area (Å²) in [5, 5.41) is 1.35. The fourth-order valence-electron chi connectivity index (χ4n) is 5.79. The second-order valence-corrected chi connectivity index (χ2v) is 10.2. The first-order valence-electron chi connectivity index (χ1n) is 12.9. The highest BCUT2D eigenvalue weighted by atomic mass is 16.5. The molecule has 0 spiro atoms. The van der Waals surface area contributed by atoms with Gasteiger partial charge in [0.15, 0.2) is 5.65 Å². The van der Waals surface area contributed by atoms with Gasteiger partial charge in [0.05, 0.1) is 19.8 Å². The number of nitrogens with zero attached hydrogens (tertiary/aromatic N) is 4. The van der Waals surface area contributed by atoms with Gasteiger partial charge in [-0.05, 0) is 68.5 Å². The minimum absolute atomic E-state index is 0.533. The van der Waals surface area contributed by atoms with Crippen molar-refractivity contribution in [2.45, 2.75) is 52.6 Å². The van der Waals surface area contributed by atoms with Gasteiger partial charge in [0, 0.05) is 61.1 Å². The summed E-state index contributed by atoms with van der Waals surface area (Å²) in [5.41, 5.74) is 9.57. The molecule has 4 aromatic rings. The predicted molar refractivity (Wildman–Crippen MR) is 138 cm³/mol. The van der Waals surface area contributed by atoms with Crippen molar-refractivity contribution in [1.29, 1.82) is 0 Å². The molecule has 0 bridgehead atoms. The van der Waals surface area contributed by atoms with E-state index in [4.69, 9.17) is 19.4 Å². The molecule has 2 fully saturated rings. The summed E-state index contributed by atoms with van der Waals surface area (Å²) in [4.78, 5) is 16.0. The SMILES string of the molecule is Cc1cc(C)c2nc(C)n(Cc3ccc4[nH]c(C5CCOCC5)c(CN5CCOCC5)c4c3)c2n1. The average Bonchev–Trinajstić information content (AvgIpc) is 3.38. The smallest absolute Gasteiger partial charge is 0.160 e. The van der Waals surface area contributed by atoms with Gasteiger partial charge < -0.3 is 19.0 Å². The van der Waals surface area contributed by atoms with Crippen LogP contribution in [0, 0.1) is 20.8 Å². The Labute approximate surface area is 206 Å². The van der Waals surface area contributed by atoms with E-state index in [2.05, 4.69) is 59.5 Å². The molecule has 5 heterocycles. The largest absolute Gasteiger partial charge is 0.381 e. The van der Waals surface area contributed by atoms with Crippen molar-refractivity contribution >= 4 is 22.1 Å². The van der Waals surface area contributed by atoms with Gasteiger partial charge in [-0.25, -0.2) is 9.97 Å². The molecule has 3 aromatic heterocycles. The second kappa shape index (κ2) is 9.37. The van der Waals surface area contributed by atoms with Gasteiger partial charge in [0.1, 0.15) is 11.3 Å². The summed E-state index contributed by atoms with van der Waals surface area (Å²) in [7, 11) is 0. The van der Waals surface area contributed by atoms with E-state index in [1.165, 1.54) is 33.3 Å². The van der Waals surface area contributed by atoms with Gasteiger partial charge in [-0.1, -0.05) is 6.07 Å². The minimum Gasteiger partial charge on any atom is -0.381 e. The number of pyridine rings is 1. The molecule has 0 atom stereocenters. The van der Waals surface area contributed by atoms with Crippen molar-refractivity contribution in [3.8, 4) is 0 Å². The summed E-state index contributed by atoms with van der Waals surface area (Å²) < 4.78 is 13.5. The van der Waals surface area contributed by atoms with Crippen LogP contribution in [-0.4, -0.2) is 63.9 Å². The number of H-pyrrole nitrogens is 1. The molecule has 0 radical (unpaired) electrons. The second-order valence-electron chi connectivity index (χ2n) is 10.2. The van der Waals surface area contributed by atoms with Gasteiger partial charge in [0.2, 0.25) is 0 Å². The number of hydrogen-bond donors (Lipinski definition) is 1. The molecule has 1 N–H and O–H groups in total. The number of aryl methyl sites for hydroxylation is 3. The topological polar surface area (TPSA) is 68.2 Å². The maximum atomic E-state index is 5.67. The van der Waals surface area contributed by atoms with Crippen molar-refractivity contribution in [3.63, 3.8) is 0 Å². The normalized spacial score (nSPS) is 18.1.